The number of rotatable bonds is 3. The molecule has 2 rings (SSSR count). The van der Waals surface area contributed by atoms with Gasteiger partial charge in [0, 0.05) is 17.1 Å². The van der Waals surface area contributed by atoms with E-state index < -0.39 is 0 Å². The topological polar surface area (TPSA) is 34.9 Å². The Morgan fingerprint density at radius 3 is 2.82 bits per heavy atom. The molecule has 1 heterocycles. The van der Waals surface area contributed by atoms with Crippen molar-refractivity contribution in [1.82, 2.24) is 9.78 Å². The molecule has 0 unspecified atom stereocenters. The summed E-state index contributed by atoms with van der Waals surface area (Å²) in [6.07, 6.45) is 0. The van der Waals surface area contributed by atoms with Crippen molar-refractivity contribution in [2.75, 3.05) is 0 Å². The number of hydrogen-bond donors (Lipinski definition) is 0. The fourth-order valence-electron chi connectivity index (χ4n) is 1.75. The molecule has 0 N–H and O–H groups in total. The van der Waals surface area contributed by atoms with E-state index in [9.17, 15) is 4.79 Å². The van der Waals surface area contributed by atoms with E-state index in [0.717, 1.165) is 5.69 Å². The highest BCUT2D eigenvalue weighted by molar-refractivity contribution is 6.31. The molecule has 0 aliphatic carbocycles. The van der Waals surface area contributed by atoms with Crippen LogP contribution in [-0.4, -0.2) is 15.6 Å². The van der Waals surface area contributed by atoms with Crippen LogP contribution in [0.15, 0.2) is 30.3 Å². The molecule has 0 radical (unpaired) electrons. The van der Waals surface area contributed by atoms with E-state index in [2.05, 4.69) is 5.10 Å². The molecular formula is C13H13ClN2O. The highest BCUT2D eigenvalue weighted by atomic mass is 35.5. The predicted molar refractivity (Wildman–Crippen MR) is 67.5 cm³/mol. The van der Waals surface area contributed by atoms with Crippen LogP contribution in [0.2, 0.25) is 5.02 Å². The summed E-state index contributed by atoms with van der Waals surface area (Å²) in [5.41, 5.74) is 2.04. The number of benzene rings is 1. The van der Waals surface area contributed by atoms with E-state index in [1.54, 1.807) is 35.0 Å². The summed E-state index contributed by atoms with van der Waals surface area (Å²) in [4.78, 5) is 12.3. The molecule has 88 valence electrons. The second kappa shape index (κ2) is 4.72. The fraction of sp³-hybridized carbons (Fsp3) is 0.231. The summed E-state index contributed by atoms with van der Waals surface area (Å²) >= 11 is 5.88. The van der Waals surface area contributed by atoms with Crippen LogP contribution < -0.4 is 0 Å². The van der Waals surface area contributed by atoms with Gasteiger partial charge in [0.2, 0.25) is 5.78 Å². The van der Waals surface area contributed by atoms with Crippen LogP contribution in [0.1, 0.15) is 28.7 Å². The molecule has 0 aliphatic heterocycles. The van der Waals surface area contributed by atoms with Crippen molar-refractivity contribution in [3.8, 4) is 0 Å². The first-order chi connectivity index (χ1) is 8.11. The SMILES string of the molecule is CCn1nc(C)cc1C(=O)c1cccc(Cl)c1. The molecule has 1 aromatic carbocycles. The number of hydrogen-bond acceptors (Lipinski definition) is 2. The molecule has 2 aromatic rings. The molecule has 17 heavy (non-hydrogen) atoms. The zero-order valence-electron chi connectivity index (χ0n) is 9.77. The van der Waals surface area contributed by atoms with E-state index in [1.807, 2.05) is 13.8 Å². The molecule has 0 saturated heterocycles. The van der Waals surface area contributed by atoms with Gasteiger partial charge in [0.15, 0.2) is 0 Å². The normalized spacial score (nSPS) is 10.5. The highest BCUT2D eigenvalue weighted by Crippen LogP contribution is 2.15. The lowest BCUT2D eigenvalue weighted by Crippen LogP contribution is -2.10. The summed E-state index contributed by atoms with van der Waals surface area (Å²) in [6, 6.07) is 8.76. The Labute approximate surface area is 105 Å². The largest absolute Gasteiger partial charge is 0.287 e. The Balaban J connectivity index is 2.43. The van der Waals surface area contributed by atoms with Crippen LogP contribution >= 0.6 is 11.6 Å². The van der Waals surface area contributed by atoms with Crippen molar-refractivity contribution < 1.29 is 4.79 Å². The van der Waals surface area contributed by atoms with Gasteiger partial charge in [-0.25, -0.2) is 0 Å². The molecule has 0 saturated carbocycles. The summed E-state index contributed by atoms with van der Waals surface area (Å²) < 4.78 is 1.71. The third-order valence-electron chi connectivity index (χ3n) is 2.52. The Kier molecular flexibility index (Phi) is 3.29. The van der Waals surface area contributed by atoms with Crippen molar-refractivity contribution in [2.45, 2.75) is 20.4 Å². The van der Waals surface area contributed by atoms with Gasteiger partial charge in [-0.05, 0) is 32.0 Å². The average molecular weight is 249 g/mol. The van der Waals surface area contributed by atoms with E-state index in [-0.39, 0.29) is 5.78 Å². The van der Waals surface area contributed by atoms with Crippen molar-refractivity contribution in [2.24, 2.45) is 0 Å². The van der Waals surface area contributed by atoms with Crippen molar-refractivity contribution in [3.63, 3.8) is 0 Å². The van der Waals surface area contributed by atoms with E-state index in [4.69, 9.17) is 11.6 Å². The number of halogens is 1. The van der Waals surface area contributed by atoms with Crippen molar-refractivity contribution in [1.29, 1.82) is 0 Å². The number of aryl methyl sites for hydroxylation is 2. The summed E-state index contributed by atoms with van der Waals surface area (Å²) in [6.45, 7) is 4.51. The second-order valence-electron chi connectivity index (χ2n) is 3.83. The molecule has 0 amide bonds. The van der Waals surface area contributed by atoms with Crippen LogP contribution in [0.25, 0.3) is 0 Å². The molecular weight excluding hydrogens is 236 g/mol. The first-order valence-electron chi connectivity index (χ1n) is 5.46. The summed E-state index contributed by atoms with van der Waals surface area (Å²) in [5, 5.41) is 4.83. The van der Waals surface area contributed by atoms with Gasteiger partial charge >= 0.3 is 0 Å². The predicted octanol–water partition coefficient (Wildman–Crippen LogP) is 3.10. The molecule has 0 spiro atoms. The van der Waals surface area contributed by atoms with Gasteiger partial charge in [-0.3, -0.25) is 9.48 Å². The quantitative estimate of drug-likeness (QED) is 0.783. The van der Waals surface area contributed by atoms with Gasteiger partial charge in [-0.15, -0.1) is 0 Å². The van der Waals surface area contributed by atoms with Crippen LogP contribution in [0.4, 0.5) is 0 Å². The van der Waals surface area contributed by atoms with Gasteiger partial charge in [0.05, 0.1) is 5.69 Å². The first-order valence-corrected chi connectivity index (χ1v) is 5.84. The fourth-order valence-corrected chi connectivity index (χ4v) is 1.94. The Morgan fingerprint density at radius 1 is 1.41 bits per heavy atom. The lowest BCUT2D eigenvalue weighted by Gasteiger charge is -2.03. The molecule has 0 atom stereocenters. The first kappa shape index (κ1) is 11.9. The van der Waals surface area contributed by atoms with Crippen molar-refractivity contribution >= 4 is 17.4 Å². The summed E-state index contributed by atoms with van der Waals surface area (Å²) in [5.74, 6) is -0.0463. The maximum absolute atomic E-state index is 12.3. The Morgan fingerprint density at radius 2 is 2.18 bits per heavy atom. The van der Waals surface area contributed by atoms with Gasteiger partial charge < -0.3 is 0 Å². The maximum Gasteiger partial charge on any atom is 0.211 e. The number of aromatic nitrogens is 2. The molecule has 3 nitrogen and oxygen atoms in total. The monoisotopic (exact) mass is 248 g/mol. The molecule has 0 bridgehead atoms. The standard InChI is InChI=1S/C13H13ClN2O/c1-3-16-12(7-9(2)15-16)13(17)10-5-4-6-11(14)8-10/h4-8H,3H2,1-2H3. The van der Waals surface area contributed by atoms with Gasteiger partial charge in [-0.2, -0.15) is 5.10 Å². The third kappa shape index (κ3) is 2.39. The Hall–Kier alpha value is -1.61. The van der Waals surface area contributed by atoms with Crippen LogP contribution in [0.5, 0.6) is 0 Å². The van der Waals surface area contributed by atoms with Gasteiger partial charge in [0.1, 0.15) is 5.69 Å². The van der Waals surface area contributed by atoms with Crippen LogP contribution in [0, 0.1) is 6.92 Å². The number of carbonyl (C=O) groups excluding carboxylic acids is 1. The van der Waals surface area contributed by atoms with E-state index in [1.165, 1.54) is 0 Å². The minimum atomic E-state index is -0.0463. The highest BCUT2D eigenvalue weighted by Gasteiger charge is 2.15. The van der Waals surface area contributed by atoms with Crippen LogP contribution in [-0.2, 0) is 6.54 Å². The maximum atomic E-state index is 12.3. The summed E-state index contributed by atoms with van der Waals surface area (Å²) in [7, 11) is 0. The van der Waals surface area contributed by atoms with E-state index >= 15 is 0 Å². The lowest BCUT2D eigenvalue weighted by molar-refractivity contribution is 0.102. The third-order valence-corrected chi connectivity index (χ3v) is 2.76. The Bertz CT molecular complexity index is 560. The minimum Gasteiger partial charge on any atom is -0.287 e. The molecule has 4 heteroatoms. The molecule has 0 aliphatic rings. The number of ketones is 1. The smallest absolute Gasteiger partial charge is 0.211 e. The molecule has 0 fully saturated rings. The second-order valence-corrected chi connectivity index (χ2v) is 4.26. The number of nitrogens with zero attached hydrogens (tertiary/aromatic N) is 2. The lowest BCUT2D eigenvalue weighted by atomic mass is 10.1. The van der Waals surface area contributed by atoms with Crippen molar-refractivity contribution in [3.05, 3.63) is 52.3 Å². The zero-order chi connectivity index (χ0) is 12.4. The van der Waals surface area contributed by atoms with Crippen LogP contribution in [0.3, 0.4) is 0 Å². The number of carbonyl (C=O) groups is 1. The van der Waals surface area contributed by atoms with E-state index in [0.29, 0.717) is 22.8 Å². The molecule has 1 aromatic heterocycles. The van der Waals surface area contributed by atoms with Gasteiger partial charge in [0.25, 0.3) is 0 Å². The zero-order valence-corrected chi connectivity index (χ0v) is 10.5. The minimum absolute atomic E-state index is 0.0463. The average Bonchev–Trinajstić information content (AvgIpc) is 2.69. The van der Waals surface area contributed by atoms with Gasteiger partial charge in [-0.1, -0.05) is 23.7 Å².